The van der Waals surface area contributed by atoms with Crippen molar-refractivity contribution in [3.63, 3.8) is 0 Å². The summed E-state index contributed by atoms with van der Waals surface area (Å²) in [4.78, 5) is 21.2. The molecule has 1 amide bonds. The molecule has 4 nitrogen and oxygen atoms in total. The van der Waals surface area contributed by atoms with Crippen LogP contribution in [-0.4, -0.2) is 40.6 Å². The standard InChI is InChI=1S/C7H10F3NO3/c1-4(2)11(3-7(8,9)10)5(12)6(13)14/h4H,3H2,1-2H3,(H,13,14). The highest BCUT2D eigenvalue weighted by molar-refractivity contribution is 6.31. The van der Waals surface area contributed by atoms with Gasteiger partial charge >= 0.3 is 18.1 Å². The molecule has 0 aliphatic rings. The number of amides is 1. The largest absolute Gasteiger partial charge is 0.474 e. The van der Waals surface area contributed by atoms with Crippen LogP contribution in [0.2, 0.25) is 0 Å². The molecular weight excluding hydrogens is 203 g/mol. The van der Waals surface area contributed by atoms with E-state index in [1.165, 1.54) is 13.8 Å². The third-order valence-corrected chi connectivity index (χ3v) is 1.42. The summed E-state index contributed by atoms with van der Waals surface area (Å²) in [6.45, 7) is 1.08. The second-order valence-corrected chi connectivity index (χ2v) is 2.95. The number of hydrogen-bond acceptors (Lipinski definition) is 2. The van der Waals surface area contributed by atoms with Gasteiger partial charge in [0.1, 0.15) is 6.54 Å². The number of carboxylic acids is 1. The Kier molecular flexibility index (Phi) is 3.91. The first kappa shape index (κ1) is 12.7. The summed E-state index contributed by atoms with van der Waals surface area (Å²) in [6, 6.07) is -0.805. The van der Waals surface area contributed by atoms with Crippen LogP contribution in [0.25, 0.3) is 0 Å². The van der Waals surface area contributed by atoms with Gasteiger partial charge in [-0.25, -0.2) is 4.79 Å². The molecule has 0 saturated carbocycles. The Balaban J connectivity index is 4.62. The van der Waals surface area contributed by atoms with Gasteiger partial charge in [0.25, 0.3) is 0 Å². The van der Waals surface area contributed by atoms with Crippen LogP contribution in [0.1, 0.15) is 13.8 Å². The molecule has 0 radical (unpaired) electrons. The van der Waals surface area contributed by atoms with Crippen molar-refractivity contribution >= 4 is 11.9 Å². The minimum absolute atomic E-state index is 0.252. The molecule has 0 aromatic rings. The van der Waals surface area contributed by atoms with Gasteiger partial charge in [0.05, 0.1) is 0 Å². The Bertz CT molecular complexity index is 237. The van der Waals surface area contributed by atoms with Crippen LogP contribution in [0.15, 0.2) is 0 Å². The molecule has 0 spiro atoms. The molecule has 0 fully saturated rings. The van der Waals surface area contributed by atoms with Gasteiger partial charge in [-0.1, -0.05) is 0 Å². The Morgan fingerprint density at radius 3 is 2.00 bits per heavy atom. The third-order valence-electron chi connectivity index (χ3n) is 1.42. The Morgan fingerprint density at radius 2 is 1.79 bits per heavy atom. The third kappa shape index (κ3) is 4.11. The summed E-state index contributed by atoms with van der Waals surface area (Å²) in [7, 11) is 0. The number of carbonyl (C=O) groups is 2. The molecule has 0 heterocycles. The van der Waals surface area contributed by atoms with Gasteiger partial charge in [-0.05, 0) is 13.8 Å². The smallest absolute Gasteiger partial charge is 0.406 e. The van der Waals surface area contributed by atoms with E-state index in [2.05, 4.69) is 0 Å². The lowest BCUT2D eigenvalue weighted by atomic mass is 10.3. The van der Waals surface area contributed by atoms with Gasteiger partial charge in [-0.3, -0.25) is 4.79 Å². The summed E-state index contributed by atoms with van der Waals surface area (Å²) in [5, 5.41) is 8.24. The minimum atomic E-state index is -4.59. The SMILES string of the molecule is CC(C)N(CC(F)(F)F)C(=O)C(=O)O. The number of nitrogens with zero attached hydrogens (tertiary/aromatic N) is 1. The maximum absolute atomic E-state index is 11.9. The number of alkyl halides is 3. The molecule has 0 saturated heterocycles. The summed E-state index contributed by atoms with van der Waals surface area (Å²) in [5.74, 6) is -3.43. The normalized spacial score (nSPS) is 11.6. The van der Waals surface area contributed by atoms with E-state index >= 15 is 0 Å². The zero-order valence-electron chi connectivity index (χ0n) is 7.63. The molecule has 0 rings (SSSR count). The predicted molar refractivity (Wildman–Crippen MR) is 40.5 cm³/mol. The lowest BCUT2D eigenvalue weighted by Gasteiger charge is -2.25. The van der Waals surface area contributed by atoms with E-state index in [9.17, 15) is 22.8 Å². The van der Waals surface area contributed by atoms with Gasteiger partial charge in [-0.15, -0.1) is 0 Å². The number of aliphatic carboxylic acids is 1. The summed E-state index contributed by atoms with van der Waals surface area (Å²) in [5.41, 5.74) is 0. The van der Waals surface area contributed by atoms with Crippen molar-refractivity contribution in [2.45, 2.75) is 26.1 Å². The number of carboxylic acid groups (broad SMARTS) is 1. The average Bonchev–Trinajstić information content (AvgIpc) is 1.96. The highest BCUT2D eigenvalue weighted by Crippen LogP contribution is 2.18. The van der Waals surface area contributed by atoms with Crippen LogP contribution in [0.4, 0.5) is 13.2 Å². The maximum atomic E-state index is 11.9. The van der Waals surface area contributed by atoms with Crippen LogP contribution in [-0.2, 0) is 9.59 Å². The molecule has 14 heavy (non-hydrogen) atoms. The lowest BCUT2D eigenvalue weighted by molar-refractivity contribution is -0.172. The van der Waals surface area contributed by atoms with E-state index in [4.69, 9.17) is 5.11 Å². The fraction of sp³-hybridized carbons (Fsp3) is 0.714. The van der Waals surface area contributed by atoms with Crippen LogP contribution in [0, 0.1) is 0 Å². The maximum Gasteiger partial charge on any atom is 0.406 e. The first-order valence-electron chi connectivity index (χ1n) is 3.76. The Labute approximate surface area is 78.3 Å². The van der Waals surface area contributed by atoms with Gasteiger partial charge in [0.2, 0.25) is 0 Å². The van der Waals surface area contributed by atoms with Gasteiger partial charge in [0, 0.05) is 6.04 Å². The van der Waals surface area contributed by atoms with Crippen molar-refractivity contribution in [3.8, 4) is 0 Å². The highest BCUT2D eigenvalue weighted by Gasteiger charge is 2.36. The lowest BCUT2D eigenvalue weighted by Crippen LogP contribution is -2.46. The van der Waals surface area contributed by atoms with Gasteiger partial charge < -0.3 is 10.0 Å². The molecule has 1 N–H and O–H groups in total. The van der Waals surface area contributed by atoms with Crippen molar-refractivity contribution in [1.29, 1.82) is 0 Å². The molecule has 0 atom stereocenters. The van der Waals surface area contributed by atoms with E-state index < -0.39 is 30.6 Å². The van der Waals surface area contributed by atoms with Crippen LogP contribution < -0.4 is 0 Å². The molecule has 82 valence electrons. The van der Waals surface area contributed by atoms with E-state index in [0.29, 0.717) is 0 Å². The van der Waals surface area contributed by atoms with Gasteiger partial charge in [-0.2, -0.15) is 13.2 Å². The van der Waals surface area contributed by atoms with Crippen molar-refractivity contribution in [2.75, 3.05) is 6.54 Å². The molecule has 0 bridgehead atoms. The van der Waals surface area contributed by atoms with E-state index in [-0.39, 0.29) is 4.90 Å². The van der Waals surface area contributed by atoms with E-state index in [1.54, 1.807) is 0 Å². The van der Waals surface area contributed by atoms with E-state index in [1.807, 2.05) is 0 Å². The molecule has 7 heteroatoms. The molecule has 0 unspecified atom stereocenters. The van der Waals surface area contributed by atoms with Crippen molar-refractivity contribution in [2.24, 2.45) is 0 Å². The number of rotatable bonds is 2. The second kappa shape index (κ2) is 4.30. The van der Waals surface area contributed by atoms with E-state index in [0.717, 1.165) is 0 Å². The van der Waals surface area contributed by atoms with Crippen LogP contribution in [0.3, 0.4) is 0 Å². The molecule has 0 aliphatic heterocycles. The Hall–Kier alpha value is -1.27. The second-order valence-electron chi connectivity index (χ2n) is 2.95. The van der Waals surface area contributed by atoms with Gasteiger partial charge in [0.15, 0.2) is 0 Å². The zero-order valence-corrected chi connectivity index (χ0v) is 7.63. The van der Waals surface area contributed by atoms with Crippen molar-refractivity contribution < 1.29 is 27.9 Å². The highest BCUT2D eigenvalue weighted by atomic mass is 19.4. The van der Waals surface area contributed by atoms with Crippen molar-refractivity contribution in [3.05, 3.63) is 0 Å². The van der Waals surface area contributed by atoms with Crippen LogP contribution in [0.5, 0.6) is 0 Å². The first-order chi connectivity index (χ1) is 6.15. The molecular formula is C7H10F3NO3. The molecule has 0 aliphatic carbocycles. The van der Waals surface area contributed by atoms with Crippen LogP contribution >= 0.6 is 0 Å². The summed E-state index contributed by atoms with van der Waals surface area (Å²) >= 11 is 0. The Morgan fingerprint density at radius 1 is 1.36 bits per heavy atom. The summed E-state index contributed by atoms with van der Waals surface area (Å²) in [6.07, 6.45) is -4.59. The topological polar surface area (TPSA) is 57.6 Å². The monoisotopic (exact) mass is 213 g/mol. The predicted octanol–water partition coefficient (Wildman–Crippen LogP) is 0.870. The van der Waals surface area contributed by atoms with Crippen molar-refractivity contribution in [1.82, 2.24) is 4.90 Å². The average molecular weight is 213 g/mol. The number of carbonyl (C=O) groups excluding carboxylic acids is 1. The first-order valence-corrected chi connectivity index (χ1v) is 3.76. The fourth-order valence-corrected chi connectivity index (χ4v) is 0.805. The summed E-state index contributed by atoms with van der Waals surface area (Å²) < 4.78 is 35.7. The number of hydrogen-bond donors (Lipinski definition) is 1. The molecule has 0 aromatic heterocycles. The fourth-order valence-electron chi connectivity index (χ4n) is 0.805. The number of halogens is 3. The zero-order chi connectivity index (χ0) is 11.5. The minimum Gasteiger partial charge on any atom is -0.474 e. The molecule has 0 aromatic carbocycles. The quantitative estimate of drug-likeness (QED) is 0.692.